The van der Waals surface area contributed by atoms with E-state index in [1.54, 1.807) is 14.2 Å². The molecule has 0 aromatic rings. The molecule has 0 spiro atoms. The minimum Gasteiger partial charge on any atom is -0.382 e. The summed E-state index contributed by atoms with van der Waals surface area (Å²) in [5.41, 5.74) is 0.709. The fraction of sp³-hybridized carbons (Fsp3) is 0.905. The summed E-state index contributed by atoms with van der Waals surface area (Å²) in [6, 6.07) is 0.239. The molecular weight excluding hydrogens is 347 g/mol. The van der Waals surface area contributed by atoms with Gasteiger partial charge in [0.25, 0.3) is 0 Å². The number of hydrogen-bond acceptors (Lipinski definition) is 5. The third kappa shape index (κ3) is 8.46. The number of allylic oxidation sites excluding steroid dienone is 1. The molecule has 1 heterocycles. The molecule has 0 amide bonds. The Morgan fingerprint density at radius 2 is 1.81 bits per heavy atom. The molecule has 2 rings (SSSR count). The van der Waals surface area contributed by atoms with Crippen LogP contribution in [0, 0.1) is 5.92 Å². The van der Waals surface area contributed by atoms with Crippen molar-refractivity contribution < 1.29 is 19.0 Å². The lowest BCUT2D eigenvalue weighted by Gasteiger charge is -2.45. The first-order valence-corrected chi connectivity index (χ1v) is 10.4. The third-order valence-corrected chi connectivity index (χ3v) is 5.59. The average molecular weight is 389 g/mol. The Morgan fingerprint density at radius 1 is 1.19 bits per heavy atom. The standard InChI is InChI=1S/C17H31FN2O2.C4H10O/c1-14-13-19(16(12-18)8-11-22-2)9-10-20(14)17(21)15-6-4-3-5-7-15;1-4(2)5-3/h8,14-15,17,21H,3-7,9-13H2,1-2H3;4H,1-3H3/b16-8+;. The average Bonchev–Trinajstić information content (AvgIpc) is 2.69. The van der Waals surface area contributed by atoms with Crippen molar-refractivity contribution in [2.45, 2.75) is 71.2 Å². The van der Waals surface area contributed by atoms with Gasteiger partial charge in [-0.05, 0) is 45.6 Å². The van der Waals surface area contributed by atoms with Crippen LogP contribution in [0.4, 0.5) is 4.39 Å². The Hall–Kier alpha value is -0.690. The number of ether oxygens (including phenoxy) is 2. The van der Waals surface area contributed by atoms with Gasteiger partial charge >= 0.3 is 0 Å². The van der Waals surface area contributed by atoms with Crippen LogP contribution in [-0.2, 0) is 9.47 Å². The second-order valence-corrected chi connectivity index (χ2v) is 7.91. The van der Waals surface area contributed by atoms with Crippen LogP contribution in [-0.4, -0.2) is 80.4 Å². The molecule has 5 nitrogen and oxygen atoms in total. The van der Waals surface area contributed by atoms with Gasteiger partial charge in [-0.25, -0.2) is 4.39 Å². The first-order chi connectivity index (χ1) is 12.9. The van der Waals surface area contributed by atoms with Crippen LogP contribution in [0.25, 0.3) is 0 Å². The van der Waals surface area contributed by atoms with Crippen molar-refractivity contribution in [3.8, 4) is 0 Å². The molecule has 0 aromatic heterocycles. The molecule has 0 radical (unpaired) electrons. The molecular formula is C21H41FN2O3. The Bertz CT molecular complexity index is 414. The van der Waals surface area contributed by atoms with E-state index in [0.29, 0.717) is 24.3 Å². The van der Waals surface area contributed by atoms with Gasteiger partial charge < -0.3 is 19.5 Å². The SMILES string of the molecule is COC(C)C.COC/C=C(\CF)N1CCN(C(O)C2CCCCC2)C(C)C1. The Kier molecular flexibility index (Phi) is 12.2. The van der Waals surface area contributed by atoms with Crippen LogP contribution < -0.4 is 0 Å². The molecule has 160 valence electrons. The van der Waals surface area contributed by atoms with E-state index in [9.17, 15) is 9.50 Å². The maximum atomic E-state index is 13.2. The van der Waals surface area contributed by atoms with Gasteiger partial charge in [-0.1, -0.05) is 19.3 Å². The molecule has 1 aliphatic heterocycles. The summed E-state index contributed by atoms with van der Waals surface area (Å²) in [4.78, 5) is 4.30. The molecule has 0 bridgehead atoms. The Morgan fingerprint density at radius 3 is 2.30 bits per heavy atom. The summed E-state index contributed by atoms with van der Waals surface area (Å²) in [7, 11) is 3.32. The molecule has 2 aliphatic rings. The first-order valence-electron chi connectivity index (χ1n) is 10.4. The molecule has 2 unspecified atom stereocenters. The van der Waals surface area contributed by atoms with E-state index < -0.39 is 6.67 Å². The third-order valence-electron chi connectivity index (χ3n) is 5.59. The highest BCUT2D eigenvalue weighted by atomic mass is 19.1. The molecule has 27 heavy (non-hydrogen) atoms. The lowest BCUT2D eigenvalue weighted by molar-refractivity contribution is -0.0894. The fourth-order valence-corrected chi connectivity index (χ4v) is 3.78. The molecule has 1 saturated heterocycles. The number of piperazine rings is 1. The summed E-state index contributed by atoms with van der Waals surface area (Å²) in [6.45, 7) is 8.45. The summed E-state index contributed by atoms with van der Waals surface area (Å²) >= 11 is 0. The minimum absolute atomic E-state index is 0.239. The van der Waals surface area contributed by atoms with Crippen LogP contribution in [0.1, 0.15) is 52.9 Å². The van der Waals surface area contributed by atoms with Crippen LogP contribution in [0.3, 0.4) is 0 Å². The number of alkyl halides is 1. The number of methoxy groups -OCH3 is 2. The van der Waals surface area contributed by atoms with Crippen molar-refractivity contribution >= 4 is 0 Å². The van der Waals surface area contributed by atoms with Gasteiger partial charge in [0.15, 0.2) is 0 Å². The number of rotatable bonds is 7. The van der Waals surface area contributed by atoms with Crippen molar-refractivity contribution in [2.24, 2.45) is 5.92 Å². The lowest BCUT2D eigenvalue weighted by atomic mass is 9.87. The van der Waals surface area contributed by atoms with E-state index in [2.05, 4.69) is 16.7 Å². The maximum absolute atomic E-state index is 13.2. The molecule has 2 atom stereocenters. The highest BCUT2D eigenvalue weighted by Gasteiger charge is 2.33. The minimum atomic E-state index is -0.457. The molecule has 0 aromatic carbocycles. The van der Waals surface area contributed by atoms with Crippen molar-refractivity contribution in [3.63, 3.8) is 0 Å². The van der Waals surface area contributed by atoms with Crippen molar-refractivity contribution in [1.29, 1.82) is 0 Å². The normalized spacial score (nSPS) is 23.9. The smallest absolute Gasteiger partial charge is 0.129 e. The lowest BCUT2D eigenvalue weighted by Crippen LogP contribution is -2.57. The van der Waals surface area contributed by atoms with Gasteiger partial charge in [0.1, 0.15) is 12.9 Å². The number of nitrogens with zero attached hydrogens (tertiary/aromatic N) is 2. The Balaban J connectivity index is 0.000000646. The maximum Gasteiger partial charge on any atom is 0.129 e. The van der Waals surface area contributed by atoms with Crippen molar-refractivity contribution in [2.75, 3.05) is 47.1 Å². The van der Waals surface area contributed by atoms with Crippen molar-refractivity contribution in [3.05, 3.63) is 11.8 Å². The van der Waals surface area contributed by atoms with E-state index in [1.807, 2.05) is 19.9 Å². The largest absolute Gasteiger partial charge is 0.382 e. The van der Waals surface area contributed by atoms with E-state index in [1.165, 1.54) is 19.3 Å². The van der Waals surface area contributed by atoms with Gasteiger partial charge in [0.2, 0.25) is 0 Å². The highest BCUT2D eigenvalue weighted by molar-refractivity contribution is 5.04. The van der Waals surface area contributed by atoms with E-state index in [4.69, 9.17) is 9.47 Å². The second-order valence-electron chi connectivity index (χ2n) is 7.91. The van der Waals surface area contributed by atoms with Crippen LogP contribution in [0.2, 0.25) is 0 Å². The monoisotopic (exact) mass is 388 g/mol. The highest BCUT2D eigenvalue weighted by Crippen LogP contribution is 2.30. The van der Waals surface area contributed by atoms with Gasteiger partial charge in [-0.3, -0.25) is 4.90 Å². The summed E-state index contributed by atoms with van der Waals surface area (Å²) in [5, 5.41) is 10.7. The van der Waals surface area contributed by atoms with Gasteiger partial charge in [0.05, 0.1) is 12.7 Å². The molecule has 2 fully saturated rings. The van der Waals surface area contributed by atoms with E-state index in [-0.39, 0.29) is 12.3 Å². The van der Waals surface area contributed by atoms with Crippen LogP contribution in [0.5, 0.6) is 0 Å². The van der Waals surface area contributed by atoms with Crippen molar-refractivity contribution in [1.82, 2.24) is 9.80 Å². The molecule has 1 N–H and O–H groups in total. The van der Waals surface area contributed by atoms with Crippen LogP contribution in [0.15, 0.2) is 11.8 Å². The predicted octanol–water partition coefficient (Wildman–Crippen LogP) is 3.43. The number of aliphatic hydroxyl groups excluding tert-OH is 1. The summed E-state index contributed by atoms with van der Waals surface area (Å²) < 4.78 is 23.0. The Labute approximate surface area is 165 Å². The van der Waals surface area contributed by atoms with Gasteiger partial charge in [-0.2, -0.15) is 0 Å². The summed E-state index contributed by atoms with van der Waals surface area (Å²) in [6.07, 6.45) is 7.92. The number of hydrogen-bond donors (Lipinski definition) is 1. The molecule has 1 saturated carbocycles. The zero-order chi connectivity index (χ0) is 20.2. The molecule has 6 heteroatoms. The number of halogens is 1. The quantitative estimate of drug-likeness (QED) is 0.724. The zero-order valence-corrected chi connectivity index (χ0v) is 18.0. The second kappa shape index (κ2) is 13.5. The van der Waals surface area contributed by atoms with Gasteiger partial charge in [0, 0.05) is 45.6 Å². The zero-order valence-electron chi connectivity index (χ0n) is 18.0. The topological polar surface area (TPSA) is 45.2 Å². The van der Waals surface area contributed by atoms with E-state index >= 15 is 0 Å². The van der Waals surface area contributed by atoms with Gasteiger partial charge in [-0.15, -0.1) is 0 Å². The predicted molar refractivity (Wildman–Crippen MR) is 108 cm³/mol. The summed E-state index contributed by atoms with van der Waals surface area (Å²) in [5.74, 6) is 0.410. The van der Waals surface area contributed by atoms with E-state index in [0.717, 1.165) is 32.5 Å². The van der Waals surface area contributed by atoms with Crippen LogP contribution >= 0.6 is 0 Å². The fourth-order valence-electron chi connectivity index (χ4n) is 3.78. The molecule has 1 aliphatic carbocycles. The number of aliphatic hydroxyl groups is 1. The first kappa shape index (κ1) is 24.3.